The van der Waals surface area contributed by atoms with Crippen LogP contribution in [-0.2, 0) is 26.0 Å². The normalized spacial score (nSPS) is 13.2. The summed E-state index contributed by atoms with van der Waals surface area (Å²) in [4.78, 5) is 0. The SMILES string of the molecule is CCCC[O][Ti](=[O])([CH2]CCC)([CH2]CCC)[O]C(C)C. The third-order valence-electron chi connectivity index (χ3n) is 3.45. The van der Waals surface area contributed by atoms with Gasteiger partial charge in [-0.2, -0.15) is 0 Å². The van der Waals surface area contributed by atoms with E-state index in [1.807, 2.05) is 13.8 Å². The zero-order valence-corrected chi connectivity index (χ0v) is 15.2. The van der Waals surface area contributed by atoms with Crippen LogP contribution in [0.5, 0.6) is 0 Å². The van der Waals surface area contributed by atoms with Gasteiger partial charge in [0.15, 0.2) is 0 Å². The summed E-state index contributed by atoms with van der Waals surface area (Å²) in [5.41, 5.74) is 0. The van der Waals surface area contributed by atoms with Crippen molar-refractivity contribution in [3.8, 4) is 0 Å². The van der Waals surface area contributed by atoms with E-state index in [4.69, 9.17) is 6.64 Å². The van der Waals surface area contributed by atoms with E-state index < -0.39 is 16.1 Å². The summed E-state index contributed by atoms with van der Waals surface area (Å²) in [6, 6.07) is 0. The van der Waals surface area contributed by atoms with Crippen LogP contribution in [0.15, 0.2) is 0 Å². The van der Waals surface area contributed by atoms with Crippen LogP contribution < -0.4 is 0 Å². The molecule has 0 amide bonds. The van der Waals surface area contributed by atoms with Crippen molar-refractivity contribution < 1.29 is 26.0 Å². The molecule has 4 heteroatoms. The molecule has 0 radical (unpaired) electrons. The second kappa shape index (κ2) is 9.39. The van der Waals surface area contributed by atoms with Crippen molar-refractivity contribution in [1.82, 2.24) is 0 Å². The van der Waals surface area contributed by atoms with Crippen LogP contribution in [0.2, 0.25) is 9.45 Å². The Morgan fingerprint density at radius 3 is 1.74 bits per heavy atom. The monoisotopic (exact) mass is 310 g/mol. The molecular formula is C15H34O3Ti. The van der Waals surface area contributed by atoms with E-state index in [9.17, 15) is 3.32 Å². The fraction of sp³-hybridized carbons (Fsp3) is 1.00. The molecule has 0 saturated heterocycles. The van der Waals surface area contributed by atoms with Crippen LogP contribution in [0.3, 0.4) is 0 Å². The third kappa shape index (κ3) is 7.70. The molecule has 0 saturated carbocycles. The van der Waals surface area contributed by atoms with Crippen molar-refractivity contribution in [1.29, 1.82) is 0 Å². The summed E-state index contributed by atoms with van der Waals surface area (Å²) in [7, 11) is 0. The fourth-order valence-electron chi connectivity index (χ4n) is 2.43. The first-order chi connectivity index (χ1) is 8.90. The molecule has 0 aliphatic heterocycles. The van der Waals surface area contributed by atoms with Crippen molar-refractivity contribution >= 4 is 0 Å². The Kier molecular flexibility index (Phi) is 9.60. The minimum absolute atomic E-state index is 0.0233. The maximum atomic E-state index is 13.6. The first-order valence-corrected chi connectivity index (χ1v) is 12.2. The van der Waals surface area contributed by atoms with Crippen molar-refractivity contribution in [3.63, 3.8) is 0 Å². The number of hydrogen-bond acceptors (Lipinski definition) is 3. The van der Waals surface area contributed by atoms with Crippen LogP contribution in [0.1, 0.15) is 73.1 Å². The van der Waals surface area contributed by atoms with Gasteiger partial charge < -0.3 is 0 Å². The van der Waals surface area contributed by atoms with Gasteiger partial charge in [0, 0.05) is 0 Å². The van der Waals surface area contributed by atoms with Gasteiger partial charge in [-0.05, 0) is 0 Å². The van der Waals surface area contributed by atoms with E-state index >= 15 is 0 Å². The Balaban J connectivity index is 4.99. The van der Waals surface area contributed by atoms with Crippen LogP contribution in [0, 0.1) is 0 Å². The summed E-state index contributed by atoms with van der Waals surface area (Å²) < 4.78 is 26.9. The van der Waals surface area contributed by atoms with Crippen LogP contribution >= 0.6 is 0 Å². The zero-order chi connectivity index (χ0) is 14.8. The van der Waals surface area contributed by atoms with E-state index in [2.05, 4.69) is 20.8 Å². The molecule has 3 nitrogen and oxygen atoms in total. The maximum absolute atomic E-state index is 13.6. The summed E-state index contributed by atoms with van der Waals surface area (Å²) >= 11 is -4.44. The standard InChI is InChI=1S/C4H9O.2C4H9.C3H7O.O.Ti/c1-2-3-4-5;2*1-3-4-2;1-3(2)4;;/h2-4H2,1H3;2*1,3-4H2,2H3;3H,1-2H3;;/q-1;;;-1;;+2. The number of hydrogen-bond donors (Lipinski definition) is 0. The van der Waals surface area contributed by atoms with Gasteiger partial charge in [-0.1, -0.05) is 0 Å². The Morgan fingerprint density at radius 2 is 1.37 bits per heavy atom. The first-order valence-electron chi connectivity index (χ1n) is 8.12. The predicted octanol–water partition coefficient (Wildman–Crippen LogP) is 5.53. The topological polar surface area (TPSA) is 35.5 Å². The zero-order valence-electron chi connectivity index (χ0n) is 13.7. The molecule has 0 aromatic carbocycles. The average molecular weight is 310 g/mol. The fourth-order valence-corrected chi connectivity index (χ4v) is 9.56. The molecular weight excluding hydrogens is 276 g/mol. The molecule has 19 heavy (non-hydrogen) atoms. The molecule has 0 unspecified atom stereocenters. The molecule has 0 aromatic heterocycles. The van der Waals surface area contributed by atoms with E-state index in [0.717, 1.165) is 38.5 Å². The molecule has 0 N–H and O–H groups in total. The van der Waals surface area contributed by atoms with Crippen molar-refractivity contribution in [2.75, 3.05) is 6.61 Å². The van der Waals surface area contributed by atoms with Crippen LogP contribution in [-0.4, -0.2) is 12.7 Å². The minimum atomic E-state index is -4.44. The summed E-state index contributed by atoms with van der Waals surface area (Å²) in [5, 5.41) is 0. The van der Waals surface area contributed by atoms with E-state index in [-0.39, 0.29) is 6.10 Å². The van der Waals surface area contributed by atoms with Crippen molar-refractivity contribution in [2.24, 2.45) is 0 Å². The van der Waals surface area contributed by atoms with E-state index in [1.165, 1.54) is 0 Å². The van der Waals surface area contributed by atoms with E-state index in [1.54, 1.807) is 0 Å². The predicted molar refractivity (Wildman–Crippen MR) is 77.2 cm³/mol. The molecule has 116 valence electrons. The van der Waals surface area contributed by atoms with Gasteiger partial charge in [0.05, 0.1) is 0 Å². The molecule has 0 rings (SSSR count). The molecule has 0 spiro atoms. The van der Waals surface area contributed by atoms with Gasteiger partial charge >= 0.3 is 121 Å². The Hall–Kier alpha value is 0.434. The van der Waals surface area contributed by atoms with Crippen LogP contribution in [0.4, 0.5) is 0 Å². The molecule has 0 bridgehead atoms. The van der Waals surface area contributed by atoms with Gasteiger partial charge in [-0.3, -0.25) is 0 Å². The Labute approximate surface area is 121 Å². The van der Waals surface area contributed by atoms with E-state index in [0.29, 0.717) is 16.1 Å². The van der Waals surface area contributed by atoms with Crippen molar-refractivity contribution in [3.05, 3.63) is 0 Å². The number of rotatable bonds is 12. The van der Waals surface area contributed by atoms with Crippen LogP contribution in [0.25, 0.3) is 0 Å². The Bertz CT molecular complexity index is 275. The van der Waals surface area contributed by atoms with Gasteiger partial charge in [0.1, 0.15) is 0 Å². The summed E-state index contributed by atoms with van der Waals surface area (Å²) in [5.74, 6) is 0. The van der Waals surface area contributed by atoms with Gasteiger partial charge in [0.2, 0.25) is 0 Å². The Morgan fingerprint density at radius 1 is 0.895 bits per heavy atom. The average Bonchev–Trinajstić information content (AvgIpc) is 2.34. The molecule has 0 fully saturated rings. The van der Waals surface area contributed by atoms with Gasteiger partial charge in [-0.15, -0.1) is 0 Å². The molecule has 0 aliphatic carbocycles. The summed E-state index contributed by atoms with van der Waals surface area (Å²) in [6.45, 7) is 10.9. The third-order valence-corrected chi connectivity index (χ3v) is 10.4. The van der Waals surface area contributed by atoms with Gasteiger partial charge in [-0.25, -0.2) is 0 Å². The quantitative estimate of drug-likeness (QED) is 0.351. The first kappa shape index (κ1) is 19.4. The molecule has 0 aromatic rings. The number of unbranched alkanes of at least 4 members (excludes halogenated alkanes) is 3. The van der Waals surface area contributed by atoms with Crippen molar-refractivity contribution in [2.45, 2.75) is 88.7 Å². The second-order valence-electron chi connectivity index (χ2n) is 5.94. The molecule has 0 heterocycles. The molecule has 0 aliphatic rings. The summed E-state index contributed by atoms with van der Waals surface area (Å²) in [6.07, 6.45) is 5.93. The van der Waals surface area contributed by atoms with Gasteiger partial charge in [0.25, 0.3) is 0 Å². The second-order valence-corrected chi connectivity index (χ2v) is 12.6. The molecule has 0 atom stereocenters.